The number of rotatable bonds is 3. The molecular weight excluding hydrogens is 310 g/mol. The Morgan fingerprint density at radius 3 is 3.00 bits per heavy atom. The maximum absolute atomic E-state index is 12.6. The average molecular weight is 329 g/mol. The highest BCUT2D eigenvalue weighted by atomic mass is 16.6. The monoisotopic (exact) mass is 329 g/mol. The molecule has 1 aliphatic carbocycles. The molecule has 1 saturated carbocycles. The van der Waals surface area contributed by atoms with Gasteiger partial charge in [-0.3, -0.25) is 14.9 Å². The van der Waals surface area contributed by atoms with Crippen molar-refractivity contribution in [1.29, 1.82) is 0 Å². The topological polar surface area (TPSA) is 97.3 Å². The lowest BCUT2D eigenvalue weighted by molar-refractivity contribution is -0.383. The van der Waals surface area contributed by atoms with E-state index in [1.807, 2.05) is 0 Å². The minimum absolute atomic E-state index is 0.0280. The number of hydrogen-bond acceptors (Lipinski definition) is 4. The molecule has 0 bridgehead atoms. The number of hydrogen-bond donors (Lipinski definition) is 2. The number of nitrogens with zero attached hydrogens (tertiary/aromatic N) is 1. The minimum atomic E-state index is -0.448. The standard InChI is InChI=1S/C17H19N3O4/c1-17(2)14(10-6-7-24-15(10)17)19-16(21)11-8-9-4-3-5-12(20(22)23)13(9)18-11/h3-5,8,10,14-15,18H,6-7H2,1-2H3,(H,19,21)/t10-,14-,15-/m1/s1. The third-order valence-corrected chi connectivity index (χ3v) is 5.46. The van der Waals surface area contributed by atoms with Crippen LogP contribution in [0.4, 0.5) is 5.69 Å². The number of fused-ring (bicyclic) bond motifs is 2. The molecule has 1 aromatic heterocycles. The van der Waals surface area contributed by atoms with E-state index in [0.29, 0.717) is 22.5 Å². The van der Waals surface area contributed by atoms with Crippen molar-refractivity contribution in [3.63, 3.8) is 0 Å². The summed E-state index contributed by atoms with van der Waals surface area (Å²) in [5.41, 5.74) is 0.592. The third kappa shape index (κ3) is 2.04. The molecule has 7 heteroatoms. The van der Waals surface area contributed by atoms with Crippen molar-refractivity contribution in [2.45, 2.75) is 32.4 Å². The summed E-state index contributed by atoms with van der Waals surface area (Å²) in [4.78, 5) is 26.2. The number of carbonyl (C=O) groups is 1. The van der Waals surface area contributed by atoms with Gasteiger partial charge in [-0.1, -0.05) is 26.0 Å². The van der Waals surface area contributed by atoms with Gasteiger partial charge in [-0.15, -0.1) is 0 Å². The van der Waals surface area contributed by atoms with E-state index < -0.39 is 4.92 Å². The Kier molecular flexibility index (Phi) is 3.18. The molecule has 1 amide bonds. The van der Waals surface area contributed by atoms with E-state index in [0.717, 1.165) is 13.0 Å². The fourth-order valence-corrected chi connectivity index (χ4v) is 4.25. The average Bonchev–Trinajstić information content (AvgIpc) is 3.17. The molecule has 24 heavy (non-hydrogen) atoms. The predicted molar refractivity (Wildman–Crippen MR) is 87.8 cm³/mol. The molecule has 4 rings (SSSR count). The molecule has 1 saturated heterocycles. The number of non-ortho nitro benzene ring substituents is 1. The predicted octanol–water partition coefficient (Wildman–Crippen LogP) is 2.62. The van der Waals surface area contributed by atoms with Gasteiger partial charge < -0.3 is 15.0 Å². The van der Waals surface area contributed by atoms with Gasteiger partial charge in [-0.2, -0.15) is 0 Å². The second-order valence-electron chi connectivity index (χ2n) is 7.20. The lowest BCUT2D eigenvalue weighted by Gasteiger charge is -2.54. The highest BCUT2D eigenvalue weighted by Crippen LogP contribution is 2.52. The summed E-state index contributed by atoms with van der Waals surface area (Å²) >= 11 is 0. The van der Waals surface area contributed by atoms with Crippen LogP contribution in [0.5, 0.6) is 0 Å². The first-order valence-corrected chi connectivity index (χ1v) is 8.08. The van der Waals surface area contributed by atoms with E-state index in [2.05, 4.69) is 24.1 Å². The Morgan fingerprint density at radius 2 is 2.25 bits per heavy atom. The van der Waals surface area contributed by atoms with Crippen molar-refractivity contribution in [2.24, 2.45) is 11.3 Å². The van der Waals surface area contributed by atoms with Crippen molar-refractivity contribution in [1.82, 2.24) is 10.3 Å². The van der Waals surface area contributed by atoms with Crippen LogP contribution in [0.15, 0.2) is 24.3 Å². The van der Waals surface area contributed by atoms with Crippen LogP contribution < -0.4 is 5.32 Å². The summed E-state index contributed by atoms with van der Waals surface area (Å²) in [5.74, 6) is 0.117. The fraction of sp³-hybridized carbons (Fsp3) is 0.471. The smallest absolute Gasteiger partial charge is 0.293 e. The van der Waals surface area contributed by atoms with Crippen LogP contribution in [0.25, 0.3) is 10.9 Å². The number of aromatic nitrogens is 1. The number of amides is 1. The molecule has 2 heterocycles. The zero-order valence-electron chi connectivity index (χ0n) is 13.5. The SMILES string of the molecule is CC1(C)[C@H](NC(=O)c2cc3cccc([N+](=O)[O-])c3[nH]2)[C@H]2CCO[C@H]21. The number of nitro benzene ring substituents is 1. The van der Waals surface area contributed by atoms with Gasteiger partial charge in [0.25, 0.3) is 11.6 Å². The van der Waals surface area contributed by atoms with Crippen LogP contribution in [-0.2, 0) is 4.74 Å². The molecule has 2 aliphatic rings. The van der Waals surface area contributed by atoms with Gasteiger partial charge in [0, 0.05) is 35.4 Å². The number of aromatic amines is 1. The molecule has 3 atom stereocenters. The largest absolute Gasteiger partial charge is 0.377 e. The molecular formula is C17H19N3O4. The first-order chi connectivity index (χ1) is 11.4. The van der Waals surface area contributed by atoms with Crippen molar-refractivity contribution in [3.8, 4) is 0 Å². The zero-order chi connectivity index (χ0) is 17.1. The molecule has 0 radical (unpaired) electrons. The molecule has 2 N–H and O–H groups in total. The van der Waals surface area contributed by atoms with Crippen LogP contribution in [0.3, 0.4) is 0 Å². The number of nitro groups is 1. The van der Waals surface area contributed by atoms with Crippen LogP contribution >= 0.6 is 0 Å². The van der Waals surface area contributed by atoms with E-state index in [4.69, 9.17) is 4.74 Å². The van der Waals surface area contributed by atoms with Gasteiger partial charge in [-0.25, -0.2) is 0 Å². The Hall–Kier alpha value is -2.41. The Bertz CT molecular complexity index is 841. The molecule has 0 unspecified atom stereocenters. The van der Waals surface area contributed by atoms with Crippen LogP contribution in [0.2, 0.25) is 0 Å². The Labute approximate surface area is 138 Å². The van der Waals surface area contributed by atoms with E-state index in [9.17, 15) is 14.9 Å². The van der Waals surface area contributed by atoms with Gasteiger partial charge in [-0.05, 0) is 12.5 Å². The fourth-order valence-electron chi connectivity index (χ4n) is 4.25. The molecule has 2 aromatic rings. The minimum Gasteiger partial charge on any atom is -0.377 e. The molecule has 1 aliphatic heterocycles. The molecule has 7 nitrogen and oxygen atoms in total. The van der Waals surface area contributed by atoms with Gasteiger partial charge in [0.05, 0.1) is 11.0 Å². The summed E-state index contributed by atoms with van der Waals surface area (Å²) in [7, 11) is 0. The normalized spacial score (nSPS) is 27.5. The molecule has 0 spiro atoms. The van der Waals surface area contributed by atoms with Crippen LogP contribution in [0.1, 0.15) is 30.8 Å². The number of carbonyl (C=O) groups excluding carboxylic acids is 1. The van der Waals surface area contributed by atoms with Crippen molar-refractivity contribution in [3.05, 3.63) is 40.1 Å². The lowest BCUT2D eigenvalue weighted by Crippen LogP contribution is -2.66. The van der Waals surface area contributed by atoms with E-state index in [-0.39, 0.29) is 29.2 Å². The maximum Gasteiger partial charge on any atom is 0.293 e. The summed E-state index contributed by atoms with van der Waals surface area (Å²) in [6.45, 7) is 4.94. The molecule has 2 fully saturated rings. The molecule has 126 valence electrons. The first-order valence-electron chi connectivity index (χ1n) is 8.08. The van der Waals surface area contributed by atoms with Gasteiger partial charge in [0.1, 0.15) is 11.2 Å². The van der Waals surface area contributed by atoms with Crippen molar-refractivity contribution < 1.29 is 14.5 Å². The highest BCUT2D eigenvalue weighted by Gasteiger charge is 2.59. The summed E-state index contributed by atoms with van der Waals surface area (Å²) in [6, 6.07) is 6.51. The zero-order valence-corrected chi connectivity index (χ0v) is 13.5. The van der Waals surface area contributed by atoms with Gasteiger partial charge in [0.15, 0.2) is 0 Å². The maximum atomic E-state index is 12.6. The first kappa shape index (κ1) is 15.1. The number of benzene rings is 1. The Balaban J connectivity index is 1.60. The third-order valence-electron chi connectivity index (χ3n) is 5.46. The number of ether oxygens (including phenoxy) is 1. The van der Waals surface area contributed by atoms with Crippen molar-refractivity contribution >= 4 is 22.5 Å². The summed E-state index contributed by atoms with van der Waals surface area (Å²) in [6.07, 6.45) is 1.16. The number of para-hydroxylation sites is 1. The van der Waals surface area contributed by atoms with Crippen molar-refractivity contribution in [2.75, 3.05) is 6.61 Å². The quantitative estimate of drug-likeness (QED) is 0.668. The van der Waals surface area contributed by atoms with E-state index >= 15 is 0 Å². The second-order valence-corrected chi connectivity index (χ2v) is 7.20. The van der Waals surface area contributed by atoms with E-state index in [1.54, 1.807) is 18.2 Å². The van der Waals surface area contributed by atoms with Gasteiger partial charge in [0.2, 0.25) is 0 Å². The van der Waals surface area contributed by atoms with Gasteiger partial charge >= 0.3 is 0 Å². The number of H-pyrrole nitrogens is 1. The van der Waals surface area contributed by atoms with Crippen LogP contribution in [0, 0.1) is 21.4 Å². The second kappa shape index (κ2) is 5.04. The summed E-state index contributed by atoms with van der Waals surface area (Å²) in [5, 5.41) is 14.8. The summed E-state index contributed by atoms with van der Waals surface area (Å²) < 4.78 is 5.74. The molecule has 1 aromatic carbocycles. The Morgan fingerprint density at radius 1 is 1.46 bits per heavy atom. The van der Waals surface area contributed by atoms with Crippen LogP contribution in [-0.4, -0.2) is 34.6 Å². The highest BCUT2D eigenvalue weighted by molar-refractivity contribution is 6.00. The number of nitrogens with one attached hydrogen (secondary N) is 2. The van der Waals surface area contributed by atoms with E-state index in [1.165, 1.54) is 6.07 Å². The lowest BCUT2D eigenvalue weighted by atomic mass is 9.57.